The Hall–Kier alpha value is -1.26. The van der Waals surface area contributed by atoms with Gasteiger partial charge in [-0.05, 0) is 50.8 Å². The van der Waals surface area contributed by atoms with Gasteiger partial charge in [-0.15, -0.1) is 0 Å². The third-order valence-electron chi connectivity index (χ3n) is 5.64. The van der Waals surface area contributed by atoms with Crippen LogP contribution in [0.15, 0.2) is 42.5 Å². The number of carbonyl (C=O) groups is 1. The van der Waals surface area contributed by atoms with E-state index in [0.29, 0.717) is 18.0 Å². The second kappa shape index (κ2) is 9.61. The Morgan fingerprint density at radius 1 is 1.42 bits per heavy atom. The first kappa shape index (κ1) is 21.0. The summed E-state index contributed by atoms with van der Waals surface area (Å²) in [5.74, 6) is 2.16. The number of aliphatic hydroxyl groups is 1. The lowest BCUT2D eigenvalue weighted by Crippen LogP contribution is -2.50. The second-order valence-corrected chi connectivity index (χ2v) is 8.75. The van der Waals surface area contributed by atoms with Crippen LogP contribution in [0, 0.1) is 5.41 Å². The summed E-state index contributed by atoms with van der Waals surface area (Å²) in [6.45, 7) is 10.3. The summed E-state index contributed by atoms with van der Waals surface area (Å²) in [6, 6.07) is 10.8. The van der Waals surface area contributed by atoms with Crippen LogP contribution in [0.1, 0.15) is 52.0 Å². The molecule has 3 atom stereocenters. The molecule has 0 aliphatic carbocycles. The molecule has 0 spiro atoms. The third-order valence-corrected chi connectivity index (χ3v) is 6.70. The molecule has 2 rings (SSSR count). The normalized spacial score (nSPS) is 20.6. The number of hydrogen-bond acceptors (Lipinski definition) is 3. The van der Waals surface area contributed by atoms with Gasteiger partial charge in [0.1, 0.15) is 0 Å². The average Bonchev–Trinajstić information content (AvgIpc) is 3.12. The van der Waals surface area contributed by atoms with Crippen LogP contribution in [0.5, 0.6) is 0 Å². The molecule has 1 aliphatic rings. The number of aliphatic hydroxyl groups excluding tert-OH is 1. The number of likely N-dealkylation sites (tertiary alicyclic amines) is 1. The molecule has 1 aliphatic heterocycles. The van der Waals surface area contributed by atoms with Gasteiger partial charge in [0.25, 0.3) is 0 Å². The highest BCUT2D eigenvalue weighted by atomic mass is 32.2. The summed E-state index contributed by atoms with van der Waals surface area (Å²) in [5, 5.41) is 10.6. The van der Waals surface area contributed by atoms with Crippen LogP contribution >= 0.6 is 11.8 Å². The fourth-order valence-electron chi connectivity index (χ4n) is 3.72. The summed E-state index contributed by atoms with van der Waals surface area (Å²) in [6.07, 6.45) is 2.98. The van der Waals surface area contributed by atoms with E-state index in [1.165, 1.54) is 5.56 Å². The Bertz CT molecular complexity index is 603. The second-order valence-electron chi connectivity index (χ2n) is 7.64. The molecule has 0 bridgehead atoms. The minimum absolute atomic E-state index is 0.0889. The molecule has 1 N–H and O–H groups in total. The lowest BCUT2D eigenvalue weighted by atomic mass is 9.77. The first-order valence-corrected chi connectivity index (χ1v) is 10.8. The number of rotatable bonds is 9. The van der Waals surface area contributed by atoms with E-state index in [-0.39, 0.29) is 5.91 Å². The molecule has 1 saturated heterocycles. The summed E-state index contributed by atoms with van der Waals surface area (Å²) in [7, 11) is 0. The molecule has 0 radical (unpaired) electrons. The van der Waals surface area contributed by atoms with Crippen molar-refractivity contribution in [3.05, 3.63) is 48.0 Å². The Balaban J connectivity index is 1.91. The number of nitrogens with zero attached hydrogens (tertiary/aromatic N) is 1. The van der Waals surface area contributed by atoms with Gasteiger partial charge in [-0.2, -0.15) is 11.8 Å². The van der Waals surface area contributed by atoms with Gasteiger partial charge < -0.3 is 10.0 Å². The molecule has 0 saturated carbocycles. The van der Waals surface area contributed by atoms with Crippen LogP contribution in [-0.2, 0) is 10.5 Å². The van der Waals surface area contributed by atoms with Gasteiger partial charge >= 0.3 is 0 Å². The maximum absolute atomic E-state index is 13.2. The third kappa shape index (κ3) is 4.92. The molecule has 26 heavy (non-hydrogen) atoms. The van der Waals surface area contributed by atoms with Crippen molar-refractivity contribution in [2.24, 2.45) is 5.41 Å². The molecule has 144 valence electrons. The molecule has 1 amide bonds. The van der Waals surface area contributed by atoms with Crippen LogP contribution in [0.25, 0.3) is 0 Å². The number of thioether (sulfide) groups is 1. The van der Waals surface area contributed by atoms with Gasteiger partial charge in [0.2, 0.25) is 5.91 Å². The van der Waals surface area contributed by atoms with Crippen molar-refractivity contribution in [1.29, 1.82) is 0 Å². The zero-order valence-corrected chi connectivity index (χ0v) is 17.2. The van der Waals surface area contributed by atoms with Crippen molar-refractivity contribution in [3.8, 4) is 0 Å². The number of hydrogen-bond donors (Lipinski definition) is 1. The van der Waals surface area contributed by atoms with Gasteiger partial charge in [-0.1, -0.05) is 49.4 Å². The van der Waals surface area contributed by atoms with Crippen LogP contribution in [0.4, 0.5) is 0 Å². The topological polar surface area (TPSA) is 40.5 Å². The maximum atomic E-state index is 13.2. The van der Waals surface area contributed by atoms with Crippen molar-refractivity contribution < 1.29 is 9.90 Å². The molecule has 1 aromatic rings. The molecule has 0 aromatic heterocycles. The number of benzene rings is 1. The van der Waals surface area contributed by atoms with Crippen LogP contribution < -0.4 is 0 Å². The first-order chi connectivity index (χ1) is 12.4. The number of amides is 1. The maximum Gasteiger partial charge on any atom is 0.231 e. The lowest BCUT2D eigenvalue weighted by molar-refractivity contribution is -0.147. The Kier molecular flexibility index (Phi) is 7.78. The largest absolute Gasteiger partial charge is 0.388 e. The predicted octanol–water partition coefficient (Wildman–Crippen LogP) is 4.65. The summed E-state index contributed by atoms with van der Waals surface area (Å²) in [4.78, 5) is 15.3. The summed E-state index contributed by atoms with van der Waals surface area (Å²) in [5.41, 5.74) is 1.24. The SMILES string of the molecule is C=C(C)[C@H](O)[C@@](C)(CC)C(=O)N1CCC[C@H]1CCSCc1ccccc1. The smallest absolute Gasteiger partial charge is 0.231 e. The zero-order chi connectivity index (χ0) is 19.2. The molecular weight excluding hydrogens is 342 g/mol. The Morgan fingerprint density at radius 2 is 2.12 bits per heavy atom. The molecule has 0 unspecified atom stereocenters. The van der Waals surface area contributed by atoms with E-state index in [1.54, 1.807) is 6.92 Å². The first-order valence-electron chi connectivity index (χ1n) is 9.66. The highest BCUT2D eigenvalue weighted by Gasteiger charge is 2.44. The minimum Gasteiger partial charge on any atom is -0.388 e. The standard InChI is InChI=1S/C22H33NO2S/c1-5-22(4,20(24)17(2)3)21(25)23-14-9-12-19(23)13-15-26-16-18-10-7-6-8-11-18/h6-8,10-11,19-20,24H,2,5,9,12-16H2,1,3-4H3/t19-,20-,22+/m0/s1. The van der Waals surface area contributed by atoms with Crippen LogP contribution in [0.3, 0.4) is 0 Å². The fourth-order valence-corrected chi connectivity index (χ4v) is 4.73. The van der Waals surface area contributed by atoms with E-state index in [0.717, 1.165) is 37.3 Å². The minimum atomic E-state index is -0.784. The van der Waals surface area contributed by atoms with E-state index < -0.39 is 11.5 Å². The van der Waals surface area contributed by atoms with E-state index in [4.69, 9.17) is 0 Å². The Labute approximate surface area is 162 Å². The van der Waals surface area contributed by atoms with E-state index in [2.05, 4.69) is 30.8 Å². The average molecular weight is 376 g/mol. The highest BCUT2D eigenvalue weighted by Crippen LogP contribution is 2.35. The van der Waals surface area contributed by atoms with Gasteiger partial charge in [-0.25, -0.2) is 0 Å². The molecule has 4 heteroatoms. The van der Waals surface area contributed by atoms with Gasteiger partial charge in [-0.3, -0.25) is 4.79 Å². The summed E-state index contributed by atoms with van der Waals surface area (Å²) < 4.78 is 0. The molecule has 1 fully saturated rings. The predicted molar refractivity (Wildman–Crippen MR) is 111 cm³/mol. The van der Waals surface area contributed by atoms with Crippen molar-refractivity contribution in [3.63, 3.8) is 0 Å². The molecule has 1 heterocycles. The fraction of sp³-hybridized carbons (Fsp3) is 0.591. The highest BCUT2D eigenvalue weighted by molar-refractivity contribution is 7.98. The Morgan fingerprint density at radius 3 is 2.73 bits per heavy atom. The molecular formula is C22H33NO2S. The van der Waals surface area contributed by atoms with Gasteiger partial charge in [0.05, 0.1) is 11.5 Å². The quantitative estimate of drug-likeness (QED) is 0.504. The zero-order valence-electron chi connectivity index (χ0n) is 16.4. The van der Waals surface area contributed by atoms with E-state index in [1.807, 2.05) is 36.6 Å². The number of carbonyl (C=O) groups excluding carboxylic acids is 1. The monoisotopic (exact) mass is 375 g/mol. The molecule has 3 nitrogen and oxygen atoms in total. The van der Waals surface area contributed by atoms with E-state index in [9.17, 15) is 9.90 Å². The van der Waals surface area contributed by atoms with Crippen LogP contribution in [0.2, 0.25) is 0 Å². The van der Waals surface area contributed by atoms with Crippen molar-refractivity contribution in [1.82, 2.24) is 4.90 Å². The van der Waals surface area contributed by atoms with Gasteiger partial charge in [0.15, 0.2) is 0 Å². The van der Waals surface area contributed by atoms with Crippen molar-refractivity contribution in [2.75, 3.05) is 12.3 Å². The van der Waals surface area contributed by atoms with Gasteiger partial charge in [0, 0.05) is 18.3 Å². The van der Waals surface area contributed by atoms with E-state index >= 15 is 0 Å². The van der Waals surface area contributed by atoms with Crippen molar-refractivity contribution in [2.45, 2.75) is 64.4 Å². The van der Waals surface area contributed by atoms with Crippen LogP contribution in [-0.4, -0.2) is 40.4 Å². The summed E-state index contributed by atoms with van der Waals surface area (Å²) >= 11 is 1.93. The van der Waals surface area contributed by atoms with Crippen molar-refractivity contribution >= 4 is 17.7 Å². The molecule has 1 aromatic carbocycles. The lowest BCUT2D eigenvalue weighted by Gasteiger charge is -2.38.